The van der Waals surface area contributed by atoms with Crippen LogP contribution in [0, 0.1) is 12.1 Å². The number of nitrogens with zero attached hydrogens (tertiary/aromatic N) is 4. The van der Waals surface area contributed by atoms with Crippen LogP contribution in [-0.2, 0) is 42.1 Å². The number of benzene rings is 6. The van der Waals surface area contributed by atoms with E-state index in [0.29, 0.717) is 11.1 Å². The van der Waals surface area contributed by atoms with Gasteiger partial charge < -0.3 is 10.2 Å². The Morgan fingerprint density at radius 1 is 0.442 bits per heavy atom. The Balaban J connectivity index is 0.00000210. The third-order valence-electron chi connectivity index (χ3n) is 8.50. The predicted molar refractivity (Wildman–Crippen MR) is 202 cm³/mol. The maximum atomic E-state index is 10.4. The fourth-order valence-corrected chi connectivity index (χ4v) is 8.13. The first-order chi connectivity index (χ1) is 24.6. The number of hydrogen-bond acceptors (Lipinski definition) is 8. The van der Waals surface area contributed by atoms with E-state index in [1.807, 2.05) is 115 Å². The van der Waals surface area contributed by atoms with Gasteiger partial charge in [0.05, 0.1) is 28.5 Å². The number of thiazole rings is 2. The molecule has 0 saturated carbocycles. The van der Waals surface area contributed by atoms with Crippen molar-refractivity contribution in [2.45, 2.75) is 0 Å². The summed E-state index contributed by atoms with van der Waals surface area (Å²) in [4.78, 5) is 19.1. The molecule has 0 aliphatic rings. The van der Waals surface area contributed by atoms with Gasteiger partial charge in [-0.05, 0) is 36.4 Å². The Morgan fingerprint density at radius 2 is 0.846 bits per heavy atom. The predicted octanol–water partition coefficient (Wildman–Crippen LogP) is 10.7. The molecule has 0 aliphatic carbocycles. The SMILES string of the molecule is Oc1ccccc1-c1nc2c(-c3[c-]c(-c4cc(-c5[c-]c(-c6cccc7sc(-c8ccccc8O)nc67)ccc5)ncn4)ccc3)cccc2s1.[Pt].[Pt]. The van der Waals surface area contributed by atoms with E-state index >= 15 is 0 Å². The second-order valence-electron chi connectivity index (χ2n) is 11.6. The quantitative estimate of drug-likeness (QED) is 0.161. The molecule has 0 aliphatic heterocycles. The van der Waals surface area contributed by atoms with Gasteiger partial charge in [0, 0.05) is 62.9 Å². The Hall–Kier alpha value is -4.84. The van der Waals surface area contributed by atoms with Crippen LogP contribution in [0.25, 0.3) is 86.3 Å². The normalized spacial score (nSPS) is 10.9. The van der Waals surface area contributed by atoms with Gasteiger partial charge in [0.25, 0.3) is 0 Å². The van der Waals surface area contributed by atoms with Crippen molar-refractivity contribution in [1.29, 1.82) is 0 Å². The van der Waals surface area contributed by atoms with Gasteiger partial charge in [0.1, 0.15) is 21.5 Å². The molecule has 3 heterocycles. The van der Waals surface area contributed by atoms with E-state index in [-0.39, 0.29) is 53.6 Å². The van der Waals surface area contributed by atoms with Crippen LogP contribution in [0.15, 0.2) is 134 Å². The van der Waals surface area contributed by atoms with Crippen molar-refractivity contribution in [3.8, 4) is 77.4 Å². The van der Waals surface area contributed by atoms with Crippen LogP contribution in [0.2, 0.25) is 0 Å². The van der Waals surface area contributed by atoms with Crippen LogP contribution in [0.1, 0.15) is 0 Å². The first-order valence-electron chi connectivity index (χ1n) is 15.8. The molecule has 0 fully saturated rings. The number of hydrogen-bond donors (Lipinski definition) is 2. The van der Waals surface area contributed by atoms with E-state index in [2.05, 4.69) is 22.1 Å². The van der Waals surface area contributed by atoms with Crippen LogP contribution in [-0.4, -0.2) is 30.1 Å². The number of para-hydroxylation sites is 4. The number of fused-ring (bicyclic) bond motifs is 2. The molecule has 0 atom stereocenters. The van der Waals surface area contributed by atoms with Gasteiger partial charge in [0.15, 0.2) is 0 Å². The van der Waals surface area contributed by atoms with E-state index in [9.17, 15) is 10.2 Å². The molecule has 10 heteroatoms. The van der Waals surface area contributed by atoms with Gasteiger partial charge in [-0.25, -0.2) is 9.97 Å². The van der Waals surface area contributed by atoms with Gasteiger partial charge in [-0.1, -0.05) is 76.9 Å². The monoisotopic (exact) mass is 1070 g/mol. The third-order valence-corrected chi connectivity index (χ3v) is 10.6. The van der Waals surface area contributed by atoms with E-state index in [1.165, 1.54) is 0 Å². The van der Waals surface area contributed by atoms with Crippen LogP contribution in [0.5, 0.6) is 11.5 Å². The number of phenolic OH excluding ortho intramolecular Hbond substituents is 2. The summed E-state index contributed by atoms with van der Waals surface area (Å²) in [6, 6.07) is 48.0. The molecule has 6 aromatic carbocycles. The van der Waals surface area contributed by atoms with Crippen LogP contribution in [0.3, 0.4) is 0 Å². The molecule has 258 valence electrons. The third kappa shape index (κ3) is 6.64. The first kappa shape index (κ1) is 35.6. The second kappa shape index (κ2) is 15.0. The summed E-state index contributed by atoms with van der Waals surface area (Å²) < 4.78 is 2.06. The summed E-state index contributed by atoms with van der Waals surface area (Å²) in [6.45, 7) is 0. The Bertz CT molecular complexity index is 2550. The minimum absolute atomic E-state index is 0. The summed E-state index contributed by atoms with van der Waals surface area (Å²) in [7, 11) is 0. The molecule has 3 aromatic heterocycles. The standard InChI is InChI=1S/C42H24N4O2S2.2Pt/c47-35-17-3-1-13-31(35)41-45-39-29(15-7-19-37(39)49-41)25-9-5-11-27(21-25)33-23-34(44-24-43-33)28-12-6-10-26(22-28)30-16-8-20-38-40(30)46-42(50-38)32-14-2-4-18-36(32)48;;/h1-20,23-24,47-48H;;/q-2;;. The average Bonchev–Trinajstić information content (AvgIpc) is 3.80. The fourth-order valence-electron chi connectivity index (χ4n) is 6.07. The molecule has 52 heavy (non-hydrogen) atoms. The van der Waals surface area contributed by atoms with Gasteiger partial charge in [0.2, 0.25) is 0 Å². The molecule has 0 spiro atoms. The number of rotatable bonds is 6. The Kier molecular flexibility index (Phi) is 10.3. The van der Waals surface area contributed by atoms with E-state index < -0.39 is 0 Å². The molecule has 0 amide bonds. The summed E-state index contributed by atoms with van der Waals surface area (Å²) in [5, 5.41) is 22.4. The van der Waals surface area contributed by atoms with Crippen molar-refractivity contribution in [2.75, 3.05) is 0 Å². The van der Waals surface area contributed by atoms with Crippen molar-refractivity contribution in [2.24, 2.45) is 0 Å². The zero-order chi connectivity index (χ0) is 33.6. The van der Waals surface area contributed by atoms with Crippen LogP contribution < -0.4 is 0 Å². The van der Waals surface area contributed by atoms with Crippen molar-refractivity contribution in [3.05, 3.63) is 146 Å². The number of aromatic nitrogens is 4. The zero-order valence-electron chi connectivity index (χ0n) is 26.8. The van der Waals surface area contributed by atoms with Gasteiger partial charge in [-0.2, -0.15) is 0 Å². The second-order valence-corrected chi connectivity index (χ2v) is 13.7. The number of phenols is 2. The maximum Gasteiger partial charge on any atom is 0.127 e. The first-order valence-corrected chi connectivity index (χ1v) is 17.5. The van der Waals surface area contributed by atoms with Gasteiger partial charge in [-0.15, -0.1) is 82.3 Å². The number of aromatic hydroxyl groups is 2. The van der Waals surface area contributed by atoms with Crippen molar-refractivity contribution in [3.63, 3.8) is 0 Å². The fraction of sp³-hybridized carbons (Fsp3) is 0. The molecular weight excluding hydrogens is 1050 g/mol. The molecule has 9 rings (SSSR count). The average molecular weight is 1070 g/mol. The molecule has 0 saturated heterocycles. The molecule has 0 radical (unpaired) electrons. The summed E-state index contributed by atoms with van der Waals surface area (Å²) >= 11 is 3.10. The molecule has 0 unspecified atom stereocenters. The van der Waals surface area contributed by atoms with Crippen molar-refractivity contribution in [1.82, 2.24) is 19.9 Å². The van der Waals surface area contributed by atoms with E-state index in [1.54, 1.807) is 41.1 Å². The maximum absolute atomic E-state index is 10.4. The van der Waals surface area contributed by atoms with Crippen LogP contribution >= 0.6 is 22.7 Å². The molecule has 6 nitrogen and oxygen atoms in total. The molecule has 0 bridgehead atoms. The van der Waals surface area contributed by atoms with E-state index in [4.69, 9.17) is 9.97 Å². The van der Waals surface area contributed by atoms with Gasteiger partial charge in [-0.3, -0.25) is 9.97 Å². The minimum atomic E-state index is 0. The molecule has 2 N–H and O–H groups in total. The molecular formula is C42H24N4O2Pt2S2-2. The van der Waals surface area contributed by atoms with E-state index in [0.717, 1.165) is 75.2 Å². The smallest absolute Gasteiger partial charge is 0.127 e. The Morgan fingerprint density at radius 3 is 1.31 bits per heavy atom. The van der Waals surface area contributed by atoms with Crippen molar-refractivity contribution >= 4 is 43.1 Å². The minimum Gasteiger partial charge on any atom is -0.507 e. The largest absolute Gasteiger partial charge is 0.507 e. The molecule has 9 aromatic rings. The van der Waals surface area contributed by atoms with Gasteiger partial charge >= 0.3 is 0 Å². The summed E-state index contributed by atoms with van der Waals surface area (Å²) in [6.07, 6.45) is 1.57. The summed E-state index contributed by atoms with van der Waals surface area (Å²) in [5.74, 6) is 0.421. The topological polar surface area (TPSA) is 92.0 Å². The zero-order valence-corrected chi connectivity index (χ0v) is 33.0. The summed E-state index contributed by atoms with van der Waals surface area (Å²) in [5.41, 5.74) is 10.0. The van der Waals surface area contributed by atoms with Crippen molar-refractivity contribution < 1.29 is 52.3 Å². The van der Waals surface area contributed by atoms with Crippen LogP contribution in [0.4, 0.5) is 0 Å². The Labute approximate surface area is 336 Å².